The second-order valence-electron chi connectivity index (χ2n) is 6.60. The lowest BCUT2D eigenvalue weighted by molar-refractivity contribution is 0.0517. The molecule has 1 aromatic heterocycles. The van der Waals surface area contributed by atoms with Crippen LogP contribution in [0.25, 0.3) is 0 Å². The smallest absolute Gasteiger partial charge is 0.407 e. The molecule has 2 rings (SSSR count). The number of amides is 1. The van der Waals surface area contributed by atoms with Gasteiger partial charge in [0.15, 0.2) is 0 Å². The maximum absolute atomic E-state index is 11.7. The highest BCUT2D eigenvalue weighted by Crippen LogP contribution is 2.45. The third-order valence-corrected chi connectivity index (χ3v) is 3.77. The highest BCUT2D eigenvalue weighted by atomic mass is 79.9. The Hall–Kier alpha value is -1.30. The lowest BCUT2D eigenvalue weighted by Crippen LogP contribution is -2.37. The van der Waals surface area contributed by atoms with Crippen LogP contribution in [0.4, 0.5) is 10.5 Å². The van der Waals surface area contributed by atoms with Crippen LogP contribution < -0.4 is 10.6 Å². The Bertz CT molecular complexity index is 510. The summed E-state index contributed by atoms with van der Waals surface area (Å²) in [4.78, 5) is 15.8. The number of anilines is 1. The monoisotopic (exact) mass is 355 g/mol. The van der Waals surface area contributed by atoms with Crippen molar-refractivity contribution in [1.82, 2.24) is 10.3 Å². The molecule has 0 spiro atoms. The maximum Gasteiger partial charge on any atom is 0.407 e. The van der Waals surface area contributed by atoms with Crippen LogP contribution >= 0.6 is 15.9 Å². The molecule has 2 N–H and O–H groups in total. The molecule has 0 aliphatic heterocycles. The summed E-state index contributed by atoms with van der Waals surface area (Å²) in [6.07, 6.45) is 5.41. The number of ether oxygens (including phenoxy) is 1. The fourth-order valence-electron chi connectivity index (χ4n) is 1.96. The molecule has 0 bridgehead atoms. The Morgan fingerprint density at radius 1 is 1.38 bits per heavy atom. The zero-order chi connectivity index (χ0) is 15.5. The van der Waals surface area contributed by atoms with Gasteiger partial charge in [0.05, 0.1) is 11.9 Å². The van der Waals surface area contributed by atoms with E-state index in [-0.39, 0.29) is 11.5 Å². The van der Waals surface area contributed by atoms with Crippen LogP contribution in [0.5, 0.6) is 0 Å². The van der Waals surface area contributed by atoms with E-state index in [0.717, 1.165) is 29.5 Å². The number of nitrogens with one attached hydrogen (secondary N) is 2. The summed E-state index contributed by atoms with van der Waals surface area (Å²) in [6.45, 7) is 7.04. The summed E-state index contributed by atoms with van der Waals surface area (Å²) in [7, 11) is 0. The fourth-order valence-corrected chi connectivity index (χ4v) is 2.33. The number of pyridine rings is 1. The van der Waals surface area contributed by atoms with Crippen LogP contribution in [0.1, 0.15) is 33.6 Å². The first-order chi connectivity index (χ1) is 9.78. The summed E-state index contributed by atoms with van der Waals surface area (Å²) >= 11 is 3.40. The van der Waals surface area contributed by atoms with Crippen molar-refractivity contribution >= 4 is 27.7 Å². The summed E-state index contributed by atoms with van der Waals surface area (Å²) in [5.41, 5.74) is 0.660. The zero-order valence-corrected chi connectivity index (χ0v) is 14.3. The van der Waals surface area contributed by atoms with E-state index in [1.165, 1.54) is 0 Å². The lowest BCUT2D eigenvalue weighted by atomic mass is 10.1. The average molecular weight is 356 g/mol. The molecule has 0 saturated heterocycles. The number of hydrogen-bond donors (Lipinski definition) is 2. The van der Waals surface area contributed by atoms with E-state index in [1.54, 1.807) is 12.4 Å². The Morgan fingerprint density at radius 2 is 2.10 bits per heavy atom. The molecule has 0 radical (unpaired) electrons. The van der Waals surface area contributed by atoms with Gasteiger partial charge in [-0.05, 0) is 55.6 Å². The molecular formula is C15H22BrN3O2. The molecule has 6 heteroatoms. The number of carbonyl (C=O) groups excluding carboxylic acids is 1. The third-order valence-electron chi connectivity index (χ3n) is 3.34. The first-order valence-electron chi connectivity index (χ1n) is 7.09. The van der Waals surface area contributed by atoms with Gasteiger partial charge in [0.2, 0.25) is 0 Å². The van der Waals surface area contributed by atoms with Gasteiger partial charge in [0, 0.05) is 29.2 Å². The van der Waals surface area contributed by atoms with E-state index < -0.39 is 5.60 Å². The number of rotatable bonds is 5. The molecule has 21 heavy (non-hydrogen) atoms. The molecule has 1 aliphatic rings. The summed E-state index contributed by atoms with van der Waals surface area (Å²) < 4.78 is 6.20. The topological polar surface area (TPSA) is 63.2 Å². The van der Waals surface area contributed by atoms with Gasteiger partial charge < -0.3 is 15.4 Å². The SMILES string of the molecule is CC(C)(C)OC(=O)NCC1(CNc2cncc(Br)c2)CC1. The van der Waals surface area contributed by atoms with E-state index in [9.17, 15) is 4.79 Å². The fraction of sp³-hybridized carbons (Fsp3) is 0.600. The van der Waals surface area contributed by atoms with Crippen molar-refractivity contribution < 1.29 is 9.53 Å². The van der Waals surface area contributed by atoms with Crippen molar-refractivity contribution in [2.75, 3.05) is 18.4 Å². The average Bonchev–Trinajstić information content (AvgIpc) is 3.13. The number of aromatic nitrogens is 1. The molecule has 1 heterocycles. The van der Waals surface area contributed by atoms with Crippen LogP contribution in [0.15, 0.2) is 22.9 Å². The normalized spacial score (nSPS) is 16.2. The minimum Gasteiger partial charge on any atom is -0.444 e. The maximum atomic E-state index is 11.7. The Balaban J connectivity index is 1.77. The van der Waals surface area contributed by atoms with Gasteiger partial charge in [0.25, 0.3) is 0 Å². The predicted molar refractivity (Wildman–Crippen MR) is 86.3 cm³/mol. The molecule has 1 aromatic rings. The van der Waals surface area contributed by atoms with Crippen LogP contribution in [0.3, 0.4) is 0 Å². The Kier molecular flexibility index (Phi) is 4.76. The molecule has 1 saturated carbocycles. The summed E-state index contributed by atoms with van der Waals surface area (Å²) in [5, 5.41) is 6.24. The number of halogens is 1. The van der Waals surface area contributed by atoms with E-state index in [1.807, 2.05) is 26.8 Å². The van der Waals surface area contributed by atoms with Gasteiger partial charge in [-0.3, -0.25) is 4.98 Å². The van der Waals surface area contributed by atoms with Crippen molar-refractivity contribution in [2.45, 2.75) is 39.2 Å². The molecule has 116 valence electrons. The largest absolute Gasteiger partial charge is 0.444 e. The Labute approximate surface area is 134 Å². The number of carbonyl (C=O) groups is 1. The van der Waals surface area contributed by atoms with Crippen molar-refractivity contribution in [3.63, 3.8) is 0 Å². The van der Waals surface area contributed by atoms with Gasteiger partial charge in [-0.25, -0.2) is 4.79 Å². The highest BCUT2D eigenvalue weighted by molar-refractivity contribution is 9.10. The van der Waals surface area contributed by atoms with Crippen LogP contribution in [0, 0.1) is 5.41 Å². The second kappa shape index (κ2) is 6.22. The Morgan fingerprint density at radius 3 is 2.67 bits per heavy atom. The number of nitrogens with zero attached hydrogens (tertiary/aromatic N) is 1. The molecule has 0 atom stereocenters. The number of alkyl carbamates (subject to hydrolysis) is 1. The van der Waals surface area contributed by atoms with E-state index in [0.29, 0.717) is 6.54 Å². The van der Waals surface area contributed by atoms with Gasteiger partial charge in [-0.2, -0.15) is 0 Å². The van der Waals surface area contributed by atoms with Crippen molar-refractivity contribution in [1.29, 1.82) is 0 Å². The predicted octanol–water partition coefficient (Wildman–Crippen LogP) is 3.56. The summed E-state index contributed by atoms with van der Waals surface area (Å²) in [5.74, 6) is 0. The first kappa shape index (κ1) is 16.1. The van der Waals surface area contributed by atoms with Crippen LogP contribution in [-0.2, 0) is 4.74 Å². The molecule has 1 fully saturated rings. The molecule has 1 amide bonds. The van der Waals surface area contributed by atoms with E-state index >= 15 is 0 Å². The zero-order valence-electron chi connectivity index (χ0n) is 12.7. The standard InChI is InChI=1S/C15H22BrN3O2/c1-14(2,3)21-13(20)19-10-15(4-5-15)9-18-12-6-11(16)7-17-8-12/h6-8,18H,4-5,9-10H2,1-3H3,(H,19,20). The second-order valence-corrected chi connectivity index (χ2v) is 7.52. The van der Waals surface area contributed by atoms with Gasteiger partial charge in [-0.1, -0.05) is 0 Å². The molecular weight excluding hydrogens is 334 g/mol. The number of hydrogen-bond acceptors (Lipinski definition) is 4. The molecule has 0 aromatic carbocycles. The molecule has 5 nitrogen and oxygen atoms in total. The van der Waals surface area contributed by atoms with Gasteiger partial charge in [-0.15, -0.1) is 0 Å². The van der Waals surface area contributed by atoms with E-state index in [4.69, 9.17) is 4.74 Å². The van der Waals surface area contributed by atoms with Gasteiger partial charge >= 0.3 is 6.09 Å². The minimum atomic E-state index is -0.457. The lowest BCUT2D eigenvalue weighted by Gasteiger charge is -2.22. The first-order valence-corrected chi connectivity index (χ1v) is 7.89. The highest BCUT2D eigenvalue weighted by Gasteiger charge is 2.42. The summed E-state index contributed by atoms with van der Waals surface area (Å²) in [6, 6.07) is 1.99. The minimum absolute atomic E-state index is 0.138. The van der Waals surface area contributed by atoms with E-state index in [2.05, 4.69) is 31.5 Å². The van der Waals surface area contributed by atoms with Gasteiger partial charge in [0.1, 0.15) is 5.60 Å². The third kappa shape index (κ3) is 5.53. The van der Waals surface area contributed by atoms with Crippen LogP contribution in [0.2, 0.25) is 0 Å². The molecule has 1 aliphatic carbocycles. The van der Waals surface area contributed by atoms with Crippen molar-refractivity contribution in [2.24, 2.45) is 5.41 Å². The van der Waals surface area contributed by atoms with Crippen molar-refractivity contribution in [3.8, 4) is 0 Å². The molecule has 0 unspecified atom stereocenters. The van der Waals surface area contributed by atoms with Crippen LogP contribution in [-0.4, -0.2) is 29.8 Å². The van der Waals surface area contributed by atoms with Crippen molar-refractivity contribution in [3.05, 3.63) is 22.9 Å². The quantitative estimate of drug-likeness (QED) is 0.847.